The molecule has 1 saturated heterocycles. The van der Waals surface area contributed by atoms with Gasteiger partial charge in [0.2, 0.25) is 0 Å². The van der Waals surface area contributed by atoms with Crippen LogP contribution in [0.15, 0.2) is 22.1 Å². The van der Waals surface area contributed by atoms with Gasteiger partial charge in [-0.25, -0.2) is 13.8 Å². The summed E-state index contributed by atoms with van der Waals surface area (Å²) in [6, 6.07) is 3.26. The van der Waals surface area contributed by atoms with Crippen LogP contribution in [0.5, 0.6) is 5.75 Å². The second-order valence-corrected chi connectivity index (χ2v) is 8.12. The van der Waals surface area contributed by atoms with Crippen LogP contribution in [0, 0.1) is 13.8 Å². The molecular weight excluding hydrogens is 400 g/mol. The van der Waals surface area contributed by atoms with Crippen molar-refractivity contribution in [1.29, 1.82) is 0 Å². The molecule has 2 aromatic heterocycles. The van der Waals surface area contributed by atoms with Crippen molar-refractivity contribution in [1.82, 2.24) is 10.3 Å². The Balaban J connectivity index is 1.89. The van der Waals surface area contributed by atoms with Crippen LogP contribution >= 0.6 is 11.3 Å². The number of rotatable bonds is 5. The Hall–Kier alpha value is -2.52. The van der Waals surface area contributed by atoms with Crippen LogP contribution in [0.25, 0.3) is 11.0 Å². The lowest BCUT2D eigenvalue weighted by Gasteiger charge is -2.33. The minimum absolute atomic E-state index is 0.128. The summed E-state index contributed by atoms with van der Waals surface area (Å²) in [5.74, 6) is -4.23. The molecule has 3 heterocycles. The van der Waals surface area contributed by atoms with Crippen LogP contribution in [0.3, 0.4) is 0 Å². The normalized spacial score (nSPS) is 18.8. The summed E-state index contributed by atoms with van der Waals surface area (Å²) in [7, 11) is 0. The van der Waals surface area contributed by atoms with Gasteiger partial charge in [-0.1, -0.05) is 0 Å². The second kappa shape index (κ2) is 7.38. The van der Waals surface area contributed by atoms with Gasteiger partial charge in [0.15, 0.2) is 0 Å². The van der Waals surface area contributed by atoms with Gasteiger partial charge in [-0.05, 0) is 38.9 Å². The number of ether oxygens (including phenoxy) is 1. The number of thiazole rings is 1. The first kappa shape index (κ1) is 19.8. The number of aryl methyl sites for hydroxylation is 2. The molecule has 1 amide bonds. The Morgan fingerprint density at radius 3 is 2.90 bits per heavy atom. The molecule has 1 atom stereocenters. The van der Waals surface area contributed by atoms with Crippen molar-refractivity contribution in [3.05, 3.63) is 45.1 Å². The van der Waals surface area contributed by atoms with E-state index in [4.69, 9.17) is 14.9 Å². The van der Waals surface area contributed by atoms with Crippen LogP contribution in [0.4, 0.5) is 8.78 Å². The zero-order valence-electron chi connectivity index (χ0n) is 16.1. The number of hydrogen-bond donors (Lipinski definition) is 2. The van der Waals surface area contributed by atoms with Crippen molar-refractivity contribution < 1.29 is 22.7 Å². The second-order valence-electron chi connectivity index (χ2n) is 7.18. The van der Waals surface area contributed by atoms with Crippen molar-refractivity contribution in [2.75, 3.05) is 13.1 Å². The predicted molar refractivity (Wildman–Crippen MR) is 106 cm³/mol. The van der Waals surface area contributed by atoms with Crippen LogP contribution in [0.1, 0.15) is 44.6 Å². The average Bonchev–Trinajstić information content (AvgIpc) is 3.21. The molecule has 3 aromatic rings. The Morgan fingerprint density at radius 1 is 1.45 bits per heavy atom. The van der Waals surface area contributed by atoms with E-state index < -0.39 is 24.3 Å². The van der Waals surface area contributed by atoms with E-state index in [9.17, 15) is 13.6 Å². The zero-order chi connectivity index (χ0) is 20.8. The Bertz CT molecular complexity index is 1080. The predicted octanol–water partition coefficient (Wildman–Crippen LogP) is 3.90. The Morgan fingerprint density at radius 2 is 2.24 bits per heavy atom. The van der Waals surface area contributed by atoms with Gasteiger partial charge >= 0.3 is 0 Å². The first-order valence-corrected chi connectivity index (χ1v) is 10.1. The topological polar surface area (TPSA) is 90.4 Å². The zero-order valence-corrected chi connectivity index (χ0v) is 16.9. The average molecular weight is 421 g/mol. The highest BCUT2D eigenvalue weighted by atomic mass is 32.1. The molecule has 6 nitrogen and oxygen atoms in total. The first-order valence-electron chi connectivity index (χ1n) is 9.25. The molecule has 1 unspecified atom stereocenters. The number of amides is 1. The molecule has 0 spiro atoms. The number of carbonyl (C=O) groups is 1. The molecule has 1 fully saturated rings. The molecule has 1 aliphatic heterocycles. The number of furan rings is 1. The van der Waals surface area contributed by atoms with E-state index in [0.29, 0.717) is 29.0 Å². The summed E-state index contributed by atoms with van der Waals surface area (Å²) in [6.45, 7) is 3.67. The smallest absolute Gasteiger partial charge is 0.267 e. The van der Waals surface area contributed by atoms with Gasteiger partial charge < -0.3 is 20.2 Å². The van der Waals surface area contributed by atoms with Crippen LogP contribution in [0.2, 0.25) is 0 Å². The lowest BCUT2D eigenvalue weighted by atomic mass is 9.83. The summed E-state index contributed by atoms with van der Waals surface area (Å²) >= 11 is 1.44. The molecule has 0 aliphatic carbocycles. The molecule has 3 N–H and O–H groups in total. The number of fused-ring (bicyclic) bond motifs is 1. The number of benzene rings is 1. The highest BCUT2D eigenvalue weighted by molar-refractivity contribution is 7.09. The Labute approximate surface area is 170 Å². The number of nitrogens with zero attached hydrogens (tertiary/aromatic N) is 1. The fourth-order valence-electron chi connectivity index (χ4n) is 3.88. The fourth-order valence-corrected chi connectivity index (χ4v) is 4.57. The van der Waals surface area contributed by atoms with Gasteiger partial charge in [-0.15, -0.1) is 11.3 Å². The molecule has 9 heteroatoms. The molecular formula is C20H21F2N3O3S. The van der Waals surface area contributed by atoms with E-state index in [2.05, 4.69) is 10.3 Å². The lowest BCUT2D eigenvalue weighted by Crippen LogP contribution is -2.44. The monoisotopic (exact) mass is 421 g/mol. The molecule has 0 radical (unpaired) electrons. The van der Waals surface area contributed by atoms with Gasteiger partial charge in [-0.2, -0.15) is 0 Å². The molecule has 154 valence electrons. The summed E-state index contributed by atoms with van der Waals surface area (Å²) in [5.41, 5.74) is 8.87. The van der Waals surface area contributed by atoms with E-state index >= 15 is 0 Å². The van der Waals surface area contributed by atoms with E-state index in [1.165, 1.54) is 11.3 Å². The number of nitrogens with two attached hydrogens (primary N) is 1. The maximum atomic E-state index is 14.9. The number of primary amides is 1. The van der Waals surface area contributed by atoms with Gasteiger partial charge in [0.25, 0.3) is 11.8 Å². The molecule has 1 aromatic carbocycles. The number of halogens is 2. The summed E-state index contributed by atoms with van der Waals surface area (Å²) in [5, 5.41) is 3.05. The largest absolute Gasteiger partial charge is 0.488 e. The molecule has 4 rings (SSSR count). The van der Waals surface area contributed by atoms with Crippen LogP contribution < -0.4 is 15.8 Å². The van der Waals surface area contributed by atoms with Gasteiger partial charge in [0.1, 0.15) is 23.7 Å². The van der Waals surface area contributed by atoms with Crippen LogP contribution in [-0.2, 0) is 6.61 Å². The standard InChI is InChI=1S/C20H21F2N3O3S/c1-10-15(29-9-25-10)7-27-13-3-4-14-18(16(19(23)26)11(2)28-14)17(13)12-5-6-24-8-20(12,21)22/h3-4,9,12,24H,5-8H2,1-2H3,(H2,23,26). The maximum absolute atomic E-state index is 14.9. The van der Waals surface area contributed by atoms with Crippen molar-refractivity contribution in [3.63, 3.8) is 0 Å². The summed E-state index contributed by atoms with van der Waals surface area (Å²) < 4.78 is 41.5. The minimum atomic E-state index is -3.01. The number of piperidine rings is 1. The number of carbonyl (C=O) groups excluding carboxylic acids is 1. The van der Waals surface area contributed by atoms with Crippen molar-refractivity contribution >= 4 is 28.2 Å². The molecule has 0 saturated carbocycles. The maximum Gasteiger partial charge on any atom is 0.267 e. The van der Waals surface area contributed by atoms with E-state index in [1.807, 2.05) is 6.92 Å². The highest BCUT2D eigenvalue weighted by Crippen LogP contribution is 2.47. The summed E-state index contributed by atoms with van der Waals surface area (Å²) in [4.78, 5) is 17.2. The SMILES string of the molecule is Cc1ncsc1COc1ccc2oc(C)c(C(N)=O)c2c1C1CCNCC1(F)F. The van der Waals surface area contributed by atoms with Gasteiger partial charge in [-0.3, -0.25) is 4.79 Å². The quantitative estimate of drug-likeness (QED) is 0.652. The van der Waals surface area contributed by atoms with Gasteiger partial charge in [0.05, 0.1) is 34.1 Å². The third-order valence-electron chi connectivity index (χ3n) is 5.31. The van der Waals surface area contributed by atoms with Crippen molar-refractivity contribution in [2.45, 2.75) is 38.7 Å². The van der Waals surface area contributed by atoms with Gasteiger partial charge in [0, 0.05) is 10.9 Å². The lowest BCUT2D eigenvalue weighted by molar-refractivity contribution is -0.0423. The number of aromatic nitrogens is 1. The first-order chi connectivity index (χ1) is 13.8. The highest BCUT2D eigenvalue weighted by Gasteiger charge is 2.45. The van der Waals surface area contributed by atoms with E-state index in [0.717, 1.165) is 10.6 Å². The molecule has 0 bridgehead atoms. The fraction of sp³-hybridized carbons (Fsp3) is 0.400. The third kappa shape index (κ3) is 3.49. The number of hydrogen-bond acceptors (Lipinski definition) is 6. The minimum Gasteiger partial charge on any atom is -0.488 e. The summed E-state index contributed by atoms with van der Waals surface area (Å²) in [6.07, 6.45) is 0.199. The Kier molecular flexibility index (Phi) is 5.04. The molecule has 29 heavy (non-hydrogen) atoms. The van der Waals surface area contributed by atoms with Crippen molar-refractivity contribution in [3.8, 4) is 5.75 Å². The number of nitrogens with one attached hydrogen (secondary N) is 1. The molecule has 1 aliphatic rings. The van der Waals surface area contributed by atoms with Crippen LogP contribution in [-0.4, -0.2) is 29.9 Å². The van der Waals surface area contributed by atoms with Crippen molar-refractivity contribution in [2.24, 2.45) is 5.73 Å². The van der Waals surface area contributed by atoms with E-state index in [1.54, 1.807) is 24.6 Å². The third-order valence-corrected chi connectivity index (χ3v) is 6.22. The number of alkyl halides is 2. The van der Waals surface area contributed by atoms with E-state index in [-0.39, 0.29) is 24.2 Å².